The molecule has 0 spiro atoms. The summed E-state index contributed by atoms with van der Waals surface area (Å²) in [6, 6.07) is 0. The third-order valence-corrected chi connectivity index (χ3v) is 1.74. The predicted octanol–water partition coefficient (Wildman–Crippen LogP) is 1.23. The van der Waals surface area contributed by atoms with Gasteiger partial charge in [0.2, 0.25) is 5.91 Å². The molecule has 0 radical (unpaired) electrons. The van der Waals surface area contributed by atoms with Gasteiger partial charge < -0.3 is 10.4 Å². The Morgan fingerprint density at radius 1 is 1.31 bits per heavy atom. The van der Waals surface area contributed by atoms with Crippen LogP contribution in [0.2, 0.25) is 0 Å². The van der Waals surface area contributed by atoms with Crippen molar-refractivity contribution in [1.82, 2.24) is 5.32 Å². The summed E-state index contributed by atoms with van der Waals surface area (Å²) >= 11 is 0. The number of aliphatic hydroxyl groups excluding tert-OH is 1. The molecular formula is C10H19NO2. The van der Waals surface area contributed by atoms with Gasteiger partial charge in [0.15, 0.2) is 0 Å². The van der Waals surface area contributed by atoms with Crippen LogP contribution in [0.25, 0.3) is 0 Å². The van der Waals surface area contributed by atoms with Crippen molar-refractivity contribution in [1.29, 1.82) is 0 Å². The van der Waals surface area contributed by atoms with Crippen molar-refractivity contribution in [2.45, 2.75) is 32.1 Å². The molecule has 0 atom stereocenters. The molecule has 0 aliphatic heterocycles. The molecule has 0 aromatic heterocycles. The molecule has 0 heterocycles. The Labute approximate surface area is 79.8 Å². The van der Waals surface area contributed by atoms with Gasteiger partial charge in [-0.1, -0.05) is 18.9 Å². The molecule has 3 heteroatoms. The van der Waals surface area contributed by atoms with Gasteiger partial charge in [-0.05, 0) is 12.8 Å². The van der Waals surface area contributed by atoms with Crippen molar-refractivity contribution in [3.8, 4) is 0 Å². The first-order chi connectivity index (χ1) is 6.31. The van der Waals surface area contributed by atoms with Crippen LogP contribution < -0.4 is 5.32 Å². The largest absolute Gasteiger partial charge is 0.396 e. The average Bonchev–Trinajstić information content (AvgIpc) is 2.11. The van der Waals surface area contributed by atoms with Gasteiger partial charge in [-0.25, -0.2) is 0 Å². The zero-order valence-corrected chi connectivity index (χ0v) is 8.09. The van der Waals surface area contributed by atoms with Crippen LogP contribution in [-0.2, 0) is 4.79 Å². The van der Waals surface area contributed by atoms with E-state index in [2.05, 4.69) is 11.9 Å². The van der Waals surface area contributed by atoms with Crippen LogP contribution in [-0.4, -0.2) is 24.2 Å². The van der Waals surface area contributed by atoms with E-state index in [-0.39, 0.29) is 12.5 Å². The summed E-state index contributed by atoms with van der Waals surface area (Å²) in [6.45, 7) is 4.48. The molecule has 3 nitrogen and oxygen atoms in total. The molecule has 0 saturated heterocycles. The smallest absolute Gasteiger partial charge is 0.223 e. The predicted molar refractivity (Wildman–Crippen MR) is 53.4 cm³/mol. The summed E-state index contributed by atoms with van der Waals surface area (Å²) in [6.07, 6.45) is 5.95. The highest BCUT2D eigenvalue weighted by molar-refractivity contribution is 5.77. The van der Waals surface area contributed by atoms with Crippen molar-refractivity contribution < 1.29 is 9.90 Å². The summed E-state index contributed by atoms with van der Waals surface area (Å²) in [4.78, 5) is 10.9. The minimum absolute atomic E-state index is 0.0390. The van der Waals surface area contributed by atoms with E-state index in [9.17, 15) is 4.79 Å². The molecule has 2 N–H and O–H groups in total. The van der Waals surface area contributed by atoms with Crippen LogP contribution in [0.4, 0.5) is 0 Å². The minimum atomic E-state index is 0.0390. The number of rotatable bonds is 8. The topological polar surface area (TPSA) is 49.3 Å². The molecule has 0 aromatic carbocycles. The summed E-state index contributed by atoms with van der Waals surface area (Å²) in [5.41, 5.74) is 0. The van der Waals surface area contributed by atoms with Gasteiger partial charge >= 0.3 is 0 Å². The zero-order chi connectivity index (χ0) is 9.94. The molecule has 0 saturated carbocycles. The maximum Gasteiger partial charge on any atom is 0.223 e. The maximum absolute atomic E-state index is 10.9. The fraction of sp³-hybridized carbons (Fsp3) is 0.700. The van der Waals surface area contributed by atoms with Crippen LogP contribution >= 0.6 is 0 Å². The monoisotopic (exact) mass is 185 g/mol. The van der Waals surface area contributed by atoms with Gasteiger partial charge in [0.25, 0.3) is 0 Å². The number of aliphatic hydroxyl groups is 1. The fourth-order valence-electron chi connectivity index (χ4n) is 1.02. The first kappa shape index (κ1) is 12.2. The van der Waals surface area contributed by atoms with Crippen LogP contribution in [0.15, 0.2) is 12.7 Å². The van der Waals surface area contributed by atoms with Crippen LogP contribution in [0.5, 0.6) is 0 Å². The highest BCUT2D eigenvalue weighted by atomic mass is 16.2. The van der Waals surface area contributed by atoms with E-state index in [1.165, 1.54) is 0 Å². The van der Waals surface area contributed by atoms with Gasteiger partial charge in [0, 0.05) is 19.6 Å². The second-order valence-corrected chi connectivity index (χ2v) is 2.98. The Bertz CT molecular complexity index is 146. The first-order valence-electron chi connectivity index (χ1n) is 4.79. The highest BCUT2D eigenvalue weighted by Crippen LogP contribution is 1.97. The quantitative estimate of drug-likeness (QED) is 0.441. The third-order valence-electron chi connectivity index (χ3n) is 1.74. The van der Waals surface area contributed by atoms with Crippen LogP contribution in [0.3, 0.4) is 0 Å². The Hall–Kier alpha value is -0.830. The number of nitrogens with one attached hydrogen (secondary N) is 1. The lowest BCUT2D eigenvalue weighted by molar-refractivity contribution is -0.120. The van der Waals surface area contributed by atoms with E-state index in [1.54, 1.807) is 6.08 Å². The normalized spacial score (nSPS) is 9.62. The average molecular weight is 185 g/mol. The van der Waals surface area contributed by atoms with Gasteiger partial charge in [-0.2, -0.15) is 0 Å². The Morgan fingerprint density at radius 3 is 2.62 bits per heavy atom. The van der Waals surface area contributed by atoms with E-state index in [1.807, 2.05) is 0 Å². The summed E-state index contributed by atoms with van der Waals surface area (Å²) in [5, 5.41) is 11.3. The number of carbonyl (C=O) groups is 1. The molecular weight excluding hydrogens is 166 g/mol. The third kappa shape index (κ3) is 9.08. The standard InChI is InChI=1S/C10H19NO2/c1-2-7-10(13)11-8-5-3-4-6-9-12/h2,12H,1,3-9H2,(H,11,13). The summed E-state index contributed by atoms with van der Waals surface area (Å²) in [5.74, 6) is 0.0390. The fourth-order valence-corrected chi connectivity index (χ4v) is 1.02. The molecule has 0 aromatic rings. The molecule has 76 valence electrons. The number of amides is 1. The molecule has 0 aliphatic rings. The summed E-state index contributed by atoms with van der Waals surface area (Å²) in [7, 11) is 0. The molecule has 0 fully saturated rings. The Balaban J connectivity index is 3.06. The zero-order valence-electron chi connectivity index (χ0n) is 8.09. The van der Waals surface area contributed by atoms with Crippen LogP contribution in [0, 0.1) is 0 Å². The second kappa shape index (κ2) is 9.26. The van der Waals surface area contributed by atoms with Crippen molar-refractivity contribution in [2.24, 2.45) is 0 Å². The molecule has 0 aliphatic carbocycles. The lowest BCUT2D eigenvalue weighted by Gasteiger charge is -2.02. The number of carbonyl (C=O) groups excluding carboxylic acids is 1. The van der Waals surface area contributed by atoms with Gasteiger partial charge in [-0.3, -0.25) is 4.79 Å². The van der Waals surface area contributed by atoms with E-state index in [0.717, 1.165) is 32.2 Å². The second-order valence-electron chi connectivity index (χ2n) is 2.98. The van der Waals surface area contributed by atoms with E-state index in [4.69, 9.17) is 5.11 Å². The van der Waals surface area contributed by atoms with Crippen molar-refractivity contribution >= 4 is 5.91 Å². The maximum atomic E-state index is 10.9. The number of hydrogen-bond acceptors (Lipinski definition) is 2. The Morgan fingerprint density at radius 2 is 2.00 bits per heavy atom. The molecule has 0 bridgehead atoms. The summed E-state index contributed by atoms with van der Waals surface area (Å²) < 4.78 is 0. The molecule has 13 heavy (non-hydrogen) atoms. The van der Waals surface area contributed by atoms with Crippen molar-refractivity contribution in [3.05, 3.63) is 12.7 Å². The van der Waals surface area contributed by atoms with Crippen LogP contribution in [0.1, 0.15) is 32.1 Å². The molecule has 0 unspecified atom stereocenters. The number of hydrogen-bond donors (Lipinski definition) is 2. The molecule has 0 rings (SSSR count). The highest BCUT2D eigenvalue weighted by Gasteiger charge is 1.95. The Kier molecular flexibility index (Phi) is 8.67. The lowest BCUT2D eigenvalue weighted by atomic mass is 10.2. The van der Waals surface area contributed by atoms with Gasteiger partial charge in [0.05, 0.1) is 0 Å². The first-order valence-corrected chi connectivity index (χ1v) is 4.79. The molecule has 1 amide bonds. The van der Waals surface area contributed by atoms with Gasteiger partial charge in [0.1, 0.15) is 0 Å². The van der Waals surface area contributed by atoms with E-state index in [0.29, 0.717) is 6.42 Å². The lowest BCUT2D eigenvalue weighted by Crippen LogP contribution is -2.23. The van der Waals surface area contributed by atoms with Crippen molar-refractivity contribution in [2.75, 3.05) is 13.2 Å². The SMILES string of the molecule is C=CCC(=O)NCCCCCCO. The van der Waals surface area contributed by atoms with Gasteiger partial charge in [-0.15, -0.1) is 6.58 Å². The minimum Gasteiger partial charge on any atom is -0.396 e. The van der Waals surface area contributed by atoms with E-state index >= 15 is 0 Å². The van der Waals surface area contributed by atoms with E-state index < -0.39 is 0 Å². The number of unbranched alkanes of at least 4 members (excludes halogenated alkanes) is 3. The van der Waals surface area contributed by atoms with Crippen molar-refractivity contribution in [3.63, 3.8) is 0 Å².